The van der Waals surface area contributed by atoms with Gasteiger partial charge in [-0.1, -0.05) is 0 Å². The van der Waals surface area contributed by atoms with Crippen LogP contribution in [0.4, 0.5) is 0 Å². The Bertz CT molecular complexity index is 872. The first-order valence-corrected chi connectivity index (χ1v) is 7.78. The first kappa shape index (κ1) is 12.8. The van der Waals surface area contributed by atoms with E-state index in [9.17, 15) is 13.2 Å². The first-order chi connectivity index (χ1) is 9.54. The maximum Gasteiger partial charge on any atom is 0.434 e. The summed E-state index contributed by atoms with van der Waals surface area (Å²) < 4.78 is 33.6. The van der Waals surface area contributed by atoms with E-state index in [-0.39, 0.29) is 16.7 Å². The van der Waals surface area contributed by atoms with Crippen molar-refractivity contribution in [3.63, 3.8) is 0 Å². The number of nitrogens with zero attached hydrogens (tertiary/aromatic N) is 2. The second kappa shape index (κ2) is 4.72. The van der Waals surface area contributed by atoms with Gasteiger partial charge in [0.1, 0.15) is 15.6 Å². The van der Waals surface area contributed by atoms with Crippen molar-refractivity contribution in [3.05, 3.63) is 40.2 Å². The molecule has 1 N–H and O–H groups in total. The molecule has 3 aromatic heterocycles. The van der Waals surface area contributed by atoms with Gasteiger partial charge in [0.2, 0.25) is 14.9 Å². The molecule has 0 amide bonds. The average molecular weight is 313 g/mol. The quantitative estimate of drug-likeness (QED) is 0.764. The van der Waals surface area contributed by atoms with Crippen molar-refractivity contribution >= 4 is 21.2 Å². The van der Waals surface area contributed by atoms with Gasteiger partial charge in [0.25, 0.3) is 5.89 Å². The molecule has 0 aliphatic carbocycles. The third-order valence-corrected chi connectivity index (χ3v) is 4.98. The first-order valence-electron chi connectivity index (χ1n) is 5.31. The smallest absolute Gasteiger partial charge is 0.434 e. The lowest BCUT2D eigenvalue weighted by molar-refractivity contribution is 0.450. The summed E-state index contributed by atoms with van der Waals surface area (Å²) in [5, 5.41) is 6.00. The Morgan fingerprint density at radius 3 is 2.90 bits per heavy atom. The van der Waals surface area contributed by atoms with Crippen LogP contribution in [0.15, 0.2) is 43.3 Å². The van der Waals surface area contributed by atoms with Crippen LogP contribution in [-0.4, -0.2) is 23.6 Å². The summed E-state index contributed by atoms with van der Waals surface area (Å²) >= 11 is 1.08. The molecule has 3 heterocycles. The van der Waals surface area contributed by atoms with Gasteiger partial charge in [0.05, 0.1) is 12.5 Å². The predicted octanol–water partition coefficient (Wildman–Crippen LogP) is 1.05. The van der Waals surface area contributed by atoms with Crippen LogP contribution in [0.25, 0.3) is 10.8 Å². The number of sulfone groups is 1. The van der Waals surface area contributed by atoms with Gasteiger partial charge in [-0.3, -0.25) is 0 Å². The Morgan fingerprint density at radius 1 is 1.40 bits per heavy atom. The molecule has 3 aromatic rings. The van der Waals surface area contributed by atoms with Crippen molar-refractivity contribution in [2.45, 2.75) is 10.8 Å². The fourth-order valence-electron chi connectivity index (χ4n) is 1.49. The molecule has 3 rings (SSSR count). The zero-order valence-electron chi connectivity index (χ0n) is 9.77. The number of nitrogens with one attached hydrogen (secondary N) is 1. The summed E-state index contributed by atoms with van der Waals surface area (Å²) in [5.41, 5.74) is 0. The highest BCUT2D eigenvalue weighted by Crippen LogP contribution is 2.26. The number of hydrogen-bond donors (Lipinski definition) is 1. The molecular formula is C10H7N3O5S2. The molecular weight excluding hydrogens is 306 g/mol. The van der Waals surface area contributed by atoms with Gasteiger partial charge in [0, 0.05) is 0 Å². The lowest BCUT2D eigenvalue weighted by atomic mass is 10.6. The van der Waals surface area contributed by atoms with Crippen LogP contribution in [0.5, 0.6) is 0 Å². The second-order valence-electron chi connectivity index (χ2n) is 3.73. The largest absolute Gasteiger partial charge is 0.453 e. The minimum absolute atomic E-state index is 0.0779. The van der Waals surface area contributed by atoms with Gasteiger partial charge in [-0.05, 0) is 12.1 Å². The second-order valence-corrected chi connectivity index (χ2v) is 6.76. The van der Waals surface area contributed by atoms with E-state index >= 15 is 0 Å². The number of furan rings is 1. The molecule has 0 spiro atoms. The maximum absolute atomic E-state index is 12.0. The minimum Gasteiger partial charge on any atom is -0.453 e. The zero-order valence-corrected chi connectivity index (χ0v) is 11.4. The fourth-order valence-corrected chi connectivity index (χ4v) is 3.86. The normalized spacial score (nSPS) is 11.8. The van der Waals surface area contributed by atoms with E-state index in [2.05, 4.69) is 15.2 Å². The summed E-state index contributed by atoms with van der Waals surface area (Å²) in [5.74, 6) is -0.896. The molecule has 0 radical (unpaired) electrons. The lowest BCUT2D eigenvalue weighted by Gasteiger charge is -1.96. The Balaban J connectivity index is 1.87. The van der Waals surface area contributed by atoms with Gasteiger partial charge >= 0.3 is 5.76 Å². The van der Waals surface area contributed by atoms with Crippen molar-refractivity contribution in [1.29, 1.82) is 0 Å². The van der Waals surface area contributed by atoms with E-state index < -0.39 is 15.6 Å². The lowest BCUT2D eigenvalue weighted by Crippen LogP contribution is -2.03. The standard InChI is InChI=1S/C10H7N3O5S2/c14-10-13-12-9(18-10)6-4-11-7(19-6)5-20(15,16)8-2-1-3-17-8/h1-4H,5H2,(H,13,14). The van der Waals surface area contributed by atoms with Crippen LogP contribution in [0, 0.1) is 0 Å². The van der Waals surface area contributed by atoms with Gasteiger partial charge in [-0.2, -0.15) is 0 Å². The number of H-pyrrole nitrogens is 1. The Morgan fingerprint density at radius 2 is 2.25 bits per heavy atom. The van der Waals surface area contributed by atoms with Crippen LogP contribution >= 0.6 is 11.3 Å². The van der Waals surface area contributed by atoms with Crippen molar-refractivity contribution in [3.8, 4) is 10.8 Å². The van der Waals surface area contributed by atoms with E-state index in [0.717, 1.165) is 11.3 Å². The van der Waals surface area contributed by atoms with Gasteiger partial charge in [-0.15, -0.1) is 16.4 Å². The molecule has 8 nitrogen and oxygen atoms in total. The third-order valence-electron chi connectivity index (χ3n) is 2.32. The molecule has 0 aromatic carbocycles. The van der Waals surface area contributed by atoms with Crippen molar-refractivity contribution in [2.75, 3.05) is 0 Å². The van der Waals surface area contributed by atoms with Crippen LogP contribution in [0.1, 0.15) is 5.01 Å². The minimum atomic E-state index is -3.57. The van der Waals surface area contributed by atoms with Crippen molar-refractivity contribution in [1.82, 2.24) is 15.2 Å². The highest BCUT2D eigenvalue weighted by atomic mass is 32.2. The number of hydrogen-bond acceptors (Lipinski definition) is 8. The van der Waals surface area contributed by atoms with E-state index in [1.165, 1.54) is 24.6 Å². The molecule has 0 aliphatic heterocycles. The zero-order chi connectivity index (χ0) is 14.2. The number of aromatic amines is 1. The van der Waals surface area contributed by atoms with E-state index in [1.807, 2.05) is 0 Å². The summed E-state index contributed by atoms with van der Waals surface area (Å²) in [6.07, 6.45) is 2.69. The van der Waals surface area contributed by atoms with Gasteiger partial charge in [0.15, 0.2) is 0 Å². The van der Waals surface area contributed by atoms with E-state index in [4.69, 9.17) is 8.83 Å². The van der Waals surface area contributed by atoms with Gasteiger partial charge in [-0.25, -0.2) is 23.3 Å². The molecule has 0 saturated heterocycles. The fraction of sp³-hybridized carbons (Fsp3) is 0.100. The third kappa shape index (κ3) is 2.42. The summed E-state index contributed by atoms with van der Waals surface area (Å²) in [7, 11) is -3.57. The molecule has 0 bridgehead atoms. The maximum atomic E-state index is 12.0. The molecule has 104 valence electrons. The molecule has 10 heteroatoms. The highest BCUT2D eigenvalue weighted by Gasteiger charge is 2.21. The molecule has 0 atom stereocenters. The van der Waals surface area contributed by atoms with Gasteiger partial charge < -0.3 is 8.83 Å². The van der Waals surface area contributed by atoms with Crippen LogP contribution < -0.4 is 5.76 Å². The van der Waals surface area contributed by atoms with Crippen LogP contribution in [-0.2, 0) is 15.6 Å². The Kier molecular flexibility index (Phi) is 3.03. The van der Waals surface area contributed by atoms with E-state index in [1.54, 1.807) is 0 Å². The summed E-state index contributed by atoms with van der Waals surface area (Å²) in [6.45, 7) is 0. The van der Waals surface area contributed by atoms with E-state index in [0.29, 0.717) is 9.88 Å². The monoisotopic (exact) mass is 313 g/mol. The number of rotatable bonds is 4. The molecule has 0 saturated carbocycles. The topological polar surface area (TPSA) is 119 Å². The van der Waals surface area contributed by atoms with Crippen LogP contribution in [0.3, 0.4) is 0 Å². The van der Waals surface area contributed by atoms with Crippen molar-refractivity contribution in [2.24, 2.45) is 0 Å². The Labute approximate surface area is 116 Å². The van der Waals surface area contributed by atoms with Crippen LogP contribution in [0.2, 0.25) is 0 Å². The average Bonchev–Trinajstić information content (AvgIpc) is 3.07. The Hall–Kier alpha value is -2.20. The molecule has 0 unspecified atom stereocenters. The SMILES string of the molecule is O=c1[nH]nc(-c2cnc(CS(=O)(=O)c3ccco3)s2)o1. The van der Waals surface area contributed by atoms with Crippen molar-refractivity contribution < 1.29 is 17.3 Å². The highest BCUT2D eigenvalue weighted by molar-refractivity contribution is 7.90. The summed E-state index contributed by atoms with van der Waals surface area (Å²) in [4.78, 5) is 15.3. The molecule has 0 aliphatic rings. The summed E-state index contributed by atoms with van der Waals surface area (Å²) in [6, 6.07) is 2.87. The predicted molar refractivity (Wildman–Crippen MR) is 67.8 cm³/mol. The number of aromatic nitrogens is 3. The molecule has 20 heavy (non-hydrogen) atoms. The molecule has 0 fully saturated rings. The number of thiazole rings is 1.